The van der Waals surface area contributed by atoms with Gasteiger partial charge in [0, 0.05) is 10.4 Å². The van der Waals surface area contributed by atoms with Crippen LogP contribution in [-0.4, -0.2) is 6.29 Å². The minimum absolute atomic E-state index is 0.0444. The Morgan fingerprint density at radius 2 is 1.75 bits per heavy atom. The summed E-state index contributed by atoms with van der Waals surface area (Å²) in [4.78, 5) is 11.2. The Labute approximate surface area is 93.2 Å². The van der Waals surface area contributed by atoms with Gasteiger partial charge in [0.1, 0.15) is 0 Å². The molecule has 0 radical (unpaired) electrons. The quantitative estimate of drug-likeness (QED) is 0.580. The number of aldehydes is 1. The first kappa shape index (κ1) is 10.9. The van der Waals surface area contributed by atoms with Crippen LogP contribution in [0.5, 0.6) is 0 Å². The Balaban J connectivity index is 2.56. The lowest BCUT2D eigenvalue weighted by Crippen LogP contribution is -1.92. The van der Waals surface area contributed by atoms with Crippen LogP contribution in [0.3, 0.4) is 0 Å². The van der Waals surface area contributed by atoms with Gasteiger partial charge in [-0.15, -0.1) is 11.3 Å². The number of halogens is 3. The highest BCUT2D eigenvalue weighted by Gasteiger charge is 2.15. The third-order valence-electron chi connectivity index (χ3n) is 2.04. The van der Waals surface area contributed by atoms with Crippen molar-refractivity contribution < 1.29 is 18.0 Å². The maximum Gasteiger partial charge on any atom is 0.195 e. The van der Waals surface area contributed by atoms with Crippen molar-refractivity contribution in [3.05, 3.63) is 46.6 Å². The largest absolute Gasteiger partial charge is 0.297 e. The van der Waals surface area contributed by atoms with Gasteiger partial charge >= 0.3 is 0 Å². The standard InChI is InChI=1S/C11H5F3OS/c12-8-3-2-7(10(13)11(8)14)9-4-1-6(5-15)16-9/h1-5H. The second kappa shape index (κ2) is 4.09. The van der Waals surface area contributed by atoms with E-state index in [4.69, 9.17) is 0 Å². The van der Waals surface area contributed by atoms with Gasteiger partial charge in [0.15, 0.2) is 23.7 Å². The number of rotatable bonds is 2. The van der Waals surface area contributed by atoms with E-state index in [0.29, 0.717) is 16.0 Å². The number of thiophene rings is 1. The maximum atomic E-state index is 13.4. The van der Waals surface area contributed by atoms with E-state index in [1.807, 2.05) is 0 Å². The highest BCUT2D eigenvalue weighted by atomic mass is 32.1. The fraction of sp³-hybridized carbons (Fsp3) is 0. The molecule has 1 aromatic carbocycles. The van der Waals surface area contributed by atoms with Gasteiger partial charge in [-0.25, -0.2) is 13.2 Å². The zero-order valence-corrected chi connectivity index (χ0v) is 8.65. The molecule has 0 unspecified atom stereocenters. The molecule has 2 rings (SSSR count). The summed E-state index contributed by atoms with van der Waals surface area (Å²) < 4.78 is 39.0. The number of benzene rings is 1. The van der Waals surface area contributed by atoms with E-state index < -0.39 is 17.5 Å². The van der Waals surface area contributed by atoms with Crippen LogP contribution in [0.15, 0.2) is 24.3 Å². The molecule has 1 heterocycles. The van der Waals surface area contributed by atoms with Gasteiger partial charge in [-0.3, -0.25) is 4.79 Å². The van der Waals surface area contributed by atoms with Crippen molar-refractivity contribution in [1.82, 2.24) is 0 Å². The summed E-state index contributed by atoms with van der Waals surface area (Å²) in [5.74, 6) is -3.97. The van der Waals surface area contributed by atoms with Crippen LogP contribution in [0.1, 0.15) is 9.67 Å². The average molecular weight is 242 g/mol. The molecule has 5 heteroatoms. The van der Waals surface area contributed by atoms with Crippen molar-refractivity contribution in [2.45, 2.75) is 0 Å². The predicted molar refractivity (Wildman–Crippen MR) is 55.0 cm³/mol. The Hall–Kier alpha value is -1.62. The summed E-state index contributed by atoms with van der Waals surface area (Å²) in [6.45, 7) is 0. The summed E-state index contributed by atoms with van der Waals surface area (Å²) in [5.41, 5.74) is -0.0444. The molecule has 0 aliphatic heterocycles. The first-order valence-electron chi connectivity index (χ1n) is 4.32. The number of hydrogen-bond acceptors (Lipinski definition) is 2. The van der Waals surface area contributed by atoms with Crippen molar-refractivity contribution in [1.29, 1.82) is 0 Å². The average Bonchev–Trinajstić information content (AvgIpc) is 2.74. The van der Waals surface area contributed by atoms with Crippen LogP contribution in [-0.2, 0) is 0 Å². The van der Waals surface area contributed by atoms with Gasteiger partial charge in [-0.1, -0.05) is 0 Å². The number of carbonyl (C=O) groups is 1. The second-order valence-corrected chi connectivity index (χ2v) is 4.16. The van der Waals surface area contributed by atoms with Crippen molar-refractivity contribution in [3.63, 3.8) is 0 Å². The van der Waals surface area contributed by atoms with Crippen LogP contribution in [0.25, 0.3) is 10.4 Å². The van der Waals surface area contributed by atoms with E-state index in [0.717, 1.165) is 23.5 Å². The molecule has 0 saturated carbocycles. The van der Waals surface area contributed by atoms with Crippen molar-refractivity contribution in [2.24, 2.45) is 0 Å². The number of hydrogen-bond donors (Lipinski definition) is 0. The second-order valence-electron chi connectivity index (χ2n) is 3.04. The fourth-order valence-electron chi connectivity index (χ4n) is 1.28. The zero-order chi connectivity index (χ0) is 11.7. The van der Waals surface area contributed by atoms with E-state index >= 15 is 0 Å². The molecule has 2 aromatic rings. The van der Waals surface area contributed by atoms with Crippen LogP contribution < -0.4 is 0 Å². The molecule has 0 saturated heterocycles. The monoisotopic (exact) mass is 242 g/mol. The normalized spacial score (nSPS) is 10.4. The van der Waals surface area contributed by atoms with E-state index in [2.05, 4.69) is 0 Å². The smallest absolute Gasteiger partial charge is 0.195 e. The van der Waals surface area contributed by atoms with Gasteiger partial charge in [0.2, 0.25) is 0 Å². The molecule has 0 amide bonds. The van der Waals surface area contributed by atoms with Crippen LogP contribution in [0.4, 0.5) is 13.2 Å². The van der Waals surface area contributed by atoms with Crippen LogP contribution >= 0.6 is 11.3 Å². The molecular weight excluding hydrogens is 237 g/mol. The molecule has 0 atom stereocenters. The SMILES string of the molecule is O=Cc1ccc(-c2ccc(F)c(F)c2F)s1. The molecule has 1 aromatic heterocycles. The van der Waals surface area contributed by atoms with Crippen LogP contribution in [0.2, 0.25) is 0 Å². The Morgan fingerprint density at radius 3 is 2.38 bits per heavy atom. The predicted octanol–water partition coefficient (Wildman–Crippen LogP) is 3.64. The molecule has 0 aliphatic rings. The lowest BCUT2D eigenvalue weighted by molar-refractivity contribution is 0.112. The summed E-state index contributed by atoms with van der Waals surface area (Å²) in [6.07, 6.45) is 0.617. The van der Waals surface area contributed by atoms with Gasteiger partial charge < -0.3 is 0 Å². The molecule has 0 aliphatic carbocycles. The fourth-order valence-corrected chi connectivity index (χ4v) is 2.12. The highest BCUT2D eigenvalue weighted by molar-refractivity contribution is 7.17. The Morgan fingerprint density at radius 1 is 1.00 bits per heavy atom. The van der Waals surface area contributed by atoms with Gasteiger partial charge in [0.25, 0.3) is 0 Å². The third kappa shape index (κ3) is 1.74. The van der Waals surface area contributed by atoms with E-state index in [-0.39, 0.29) is 5.56 Å². The van der Waals surface area contributed by atoms with E-state index in [1.165, 1.54) is 12.1 Å². The highest BCUT2D eigenvalue weighted by Crippen LogP contribution is 2.31. The minimum Gasteiger partial charge on any atom is -0.297 e. The molecule has 82 valence electrons. The van der Waals surface area contributed by atoms with Crippen molar-refractivity contribution in [3.8, 4) is 10.4 Å². The van der Waals surface area contributed by atoms with Gasteiger partial charge in [0.05, 0.1) is 4.88 Å². The van der Waals surface area contributed by atoms with Crippen LogP contribution in [0, 0.1) is 17.5 Å². The van der Waals surface area contributed by atoms with Crippen molar-refractivity contribution in [2.75, 3.05) is 0 Å². The summed E-state index contributed by atoms with van der Waals surface area (Å²) in [7, 11) is 0. The molecule has 1 nitrogen and oxygen atoms in total. The topological polar surface area (TPSA) is 17.1 Å². The molecule has 0 spiro atoms. The van der Waals surface area contributed by atoms with Gasteiger partial charge in [-0.05, 0) is 24.3 Å². The summed E-state index contributed by atoms with van der Waals surface area (Å²) in [6, 6.07) is 4.99. The molecule has 0 N–H and O–H groups in total. The summed E-state index contributed by atoms with van der Waals surface area (Å²) >= 11 is 1.02. The van der Waals surface area contributed by atoms with Crippen molar-refractivity contribution >= 4 is 17.6 Å². The van der Waals surface area contributed by atoms with Gasteiger partial charge in [-0.2, -0.15) is 0 Å². The Bertz CT molecular complexity index is 548. The Kier molecular flexibility index (Phi) is 2.78. The first-order chi connectivity index (χ1) is 7.63. The van der Waals surface area contributed by atoms with E-state index in [9.17, 15) is 18.0 Å². The molecule has 0 fully saturated rings. The molecule has 16 heavy (non-hydrogen) atoms. The molecule has 0 bridgehead atoms. The zero-order valence-electron chi connectivity index (χ0n) is 7.84. The number of carbonyl (C=O) groups excluding carboxylic acids is 1. The van der Waals surface area contributed by atoms with E-state index in [1.54, 1.807) is 0 Å². The molecular formula is C11H5F3OS. The lowest BCUT2D eigenvalue weighted by Gasteiger charge is -2.01. The maximum absolute atomic E-state index is 13.4. The third-order valence-corrected chi connectivity index (χ3v) is 3.09. The summed E-state index contributed by atoms with van der Waals surface area (Å²) in [5, 5.41) is 0. The lowest BCUT2D eigenvalue weighted by atomic mass is 10.1. The first-order valence-corrected chi connectivity index (χ1v) is 5.14. The minimum atomic E-state index is -1.50.